The van der Waals surface area contributed by atoms with E-state index >= 15 is 0 Å². The number of nitrogens with one attached hydrogen (secondary N) is 3. The van der Waals surface area contributed by atoms with Crippen molar-refractivity contribution in [2.45, 2.75) is 0 Å². The molecular formula is C15H14N4O3. The van der Waals surface area contributed by atoms with Gasteiger partial charge in [-0.15, -0.1) is 0 Å². The quantitative estimate of drug-likeness (QED) is 0.705. The molecule has 0 bridgehead atoms. The molecule has 22 heavy (non-hydrogen) atoms. The minimum atomic E-state index is -0.540. The third-order valence-electron chi connectivity index (χ3n) is 2.68. The highest BCUT2D eigenvalue weighted by atomic mass is 16.2. The molecule has 1 heterocycles. The van der Waals surface area contributed by atoms with Crippen LogP contribution in [0.5, 0.6) is 0 Å². The summed E-state index contributed by atoms with van der Waals surface area (Å²) in [5.74, 6) is -1.40. The van der Waals surface area contributed by atoms with E-state index in [1.807, 2.05) is 0 Å². The zero-order valence-corrected chi connectivity index (χ0v) is 11.6. The van der Waals surface area contributed by atoms with Gasteiger partial charge in [-0.25, -0.2) is 0 Å². The van der Waals surface area contributed by atoms with Crippen LogP contribution in [0.25, 0.3) is 0 Å². The van der Waals surface area contributed by atoms with Crippen LogP contribution in [0.3, 0.4) is 0 Å². The molecule has 7 heteroatoms. The summed E-state index contributed by atoms with van der Waals surface area (Å²) < 4.78 is 0. The van der Waals surface area contributed by atoms with Gasteiger partial charge < -0.3 is 5.32 Å². The van der Waals surface area contributed by atoms with Gasteiger partial charge in [0.25, 0.3) is 17.7 Å². The zero-order valence-electron chi connectivity index (χ0n) is 11.6. The van der Waals surface area contributed by atoms with Crippen molar-refractivity contribution in [2.75, 3.05) is 6.54 Å². The van der Waals surface area contributed by atoms with Crippen molar-refractivity contribution in [3.05, 3.63) is 66.0 Å². The van der Waals surface area contributed by atoms with Gasteiger partial charge in [0.1, 0.15) is 0 Å². The average Bonchev–Trinajstić information content (AvgIpc) is 2.59. The summed E-state index contributed by atoms with van der Waals surface area (Å²) in [6, 6.07) is 11.7. The van der Waals surface area contributed by atoms with Crippen molar-refractivity contribution in [1.29, 1.82) is 0 Å². The molecular weight excluding hydrogens is 284 g/mol. The number of carbonyl (C=O) groups is 3. The standard InChI is InChI=1S/C15H14N4O3/c20-13(10-17-14(21)11-5-2-1-3-6-11)18-19-15(22)12-7-4-8-16-9-12/h1-9H,10H2,(H,17,21)(H,18,20)(H,19,22). The molecule has 7 nitrogen and oxygen atoms in total. The maximum absolute atomic E-state index is 11.7. The fourth-order valence-electron chi connectivity index (χ4n) is 1.59. The number of aromatic nitrogens is 1. The molecule has 0 aliphatic rings. The van der Waals surface area contributed by atoms with Crippen molar-refractivity contribution in [2.24, 2.45) is 0 Å². The first-order valence-electron chi connectivity index (χ1n) is 6.49. The molecule has 1 aromatic carbocycles. The van der Waals surface area contributed by atoms with Crippen LogP contribution in [0.15, 0.2) is 54.9 Å². The Morgan fingerprint density at radius 1 is 0.864 bits per heavy atom. The number of carbonyl (C=O) groups excluding carboxylic acids is 3. The molecule has 0 saturated carbocycles. The van der Waals surface area contributed by atoms with Gasteiger partial charge in [-0.1, -0.05) is 18.2 Å². The van der Waals surface area contributed by atoms with Crippen molar-refractivity contribution in [1.82, 2.24) is 21.2 Å². The number of nitrogens with zero attached hydrogens (tertiary/aromatic N) is 1. The number of pyridine rings is 1. The SMILES string of the molecule is O=C(CNC(=O)c1ccccc1)NNC(=O)c1cccnc1. The summed E-state index contributed by atoms with van der Waals surface area (Å²) in [6.07, 6.45) is 2.91. The Labute approximate surface area is 126 Å². The van der Waals surface area contributed by atoms with Gasteiger partial charge in [0, 0.05) is 18.0 Å². The number of amides is 3. The second kappa shape index (κ2) is 7.53. The highest BCUT2D eigenvalue weighted by molar-refractivity contribution is 5.97. The second-order valence-corrected chi connectivity index (χ2v) is 4.29. The van der Waals surface area contributed by atoms with Gasteiger partial charge in [-0.05, 0) is 24.3 Å². The van der Waals surface area contributed by atoms with Crippen LogP contribution in [-0.4, -0.2) is 29.3 Å². The van der Waals surface area contributed by atoms with Crippen LogP contribution >= 0.6 is 0 Å². The number of hydrogen-bond acceptors (Lipinski definition) is 4. The molecule has 0 unspecified atom stereocenters. The van der Waals surface area contributed by atoms with Gasteiger partial charge in [-0.2, -0.15) is 0 Å². The van der Waals surface area contributed by atoms with E-state index in [4.69, 9.17) is 0 Å². The first kappa shape index (κ1) is 15.2. The zero-order chi connectivity index (χ0) is 15.8. The summed E-state index contributed by atoms with van der Waals surface area (Å²) in [7, 11) is 0. The largest absolute Gasteiger partial charge is 0.343 e. The fourth-order valence-corrected chi connectivity index (χ4v) is 1.59. The van der Waals surface area contributed by atoms with Crippen LogP contribution in [0.4, 0.5) is 0 Å². The minimum absolute atomic E-state index is 0.249. The number of benzene rings is 1. The molecule has 0 saturated heterocycles. The first-order chi connectivity index (χ1) is 10.7. The Balaban J connectivity index is 1.74. The Bertz CT molecular complexity index is 602. The van der Waals surface area contributed by atoms with Crippen molar-refractivity contribution < 1.29 is 14.4 Å². The number of rotatable bonds is 4. The number of hydrogen-bond donors (Lipinski definition) is 3. The molecule has 3 amide bonds. The van der Waals surface area contributed by atoms with E-state index in [1.54, 1.807) is 42.5 Å². The van der Waals surface area contributed by atoms with Crippen LogP contribution in [0, 0.1) is 0 Å². The second-order valence-electron chi connectivity index (χ2n) is 4.29. The first-order valence-corrected chi connectivity index (χ1v) is 6.49. The fraction of sp³-hybridized carbons (Fsp3) is 0.0667. The minimum Gasteiger partial charge on any atom is -0.343 e. The van der Waals surface area contributed by atoms with Gasteiger partial charge >= 0.3 is 0 Å². The highest BCUT2D eigenvalue weighted by Crippen LogP contribution is 1.97. The summed E-state index contributed by atoms with van der Waals surface area (Å²) >= 11 is 0. The van der Waals surface area contributed by atoms with E-state index in [2.05, 4.69) is 21.2 Å². The Morgan fingerprint density at radius 3 is 2.27 bits per heavy atom. The lowest BCUT2D eigenvalue weighted by Gasteiger charge is -2.08. The van der Waals surface area contributed by atoms with E-state index < -0.39 is 11.8 Å². The van der Waals surface area contributed by atoms with Gasteiger partial charge in [0.2, 0.25) is 0 Å². The summed E-state index contributed by atoms with van der Waals surface area (Å²) in [5.41, 5.74) is 5.21. The van der Waals surface area contributed by atoms with Crippen LogP contribution in [0.2, 0.25) is 0 Å². The predicted octanol–water partition coefficient (Wildman–Crippen LogP) is 0.273. The van der Waals surface area contributed by atoms with E-state index in [9.17, 15) is 14.4 Å². The van der Waals surface area contributed by atoms with Crippen LogP contribution in [0.1, 0.15) is 20.7 Å². The number of hydrazine groups is 1. The van der Waals surface area contributed by atoms with Gasteiger partial charge in [0.15, 0.2) is 0 Å². The van der Waals surface area contributed by atoms with Gasteiger partial charge in [-0.3, -0.25) is 30.2 Å². The smallest absolute Gasteiger partial charge is 0.271 e. The lowest BCUT2D eigenvalue weighted by Crippen LogP contribution is -2.46. The van der Waals surface area contributed by atoms with E-state index in [0.29, 0.717) is 11.1 Å². The normalized spacial score (nSPS) is 9.64. The highest BCUT2D eigenvalue weighted by Gasteiger charge is 2.09. The molecule has 0 aliphatic heterocycles. The third kappa shape index (κ3) is 4.41. The summed E-state index contributed by atoms with van der Waals surface area (Å²) in [5, 5.41) is 2.45. The Morgan fingerprint density at radius 2 is 1.59 bits per heavy atom. The van der Waals surface area contributed by atoms with Gasteiger partial charge in [0.05, 0.1) is 12.1 Å². The molecule has 0 aliphatic carbocycles. The van der Waals surface area contributed by atoms with Crippen LogP contribution in [-0.2, 0) is 4.79 Å². The lowest BCUT2D eigenvalue weighted by atomic mass is 10.2. The molecule has 0 radical (unpaired) electrons. The van der Waals surface area contributed by atoms with Crippen LogP contribution < -0.4 is 16.2 Å². The van der Waals surface area contributed by atoms with Crippen molar-refractivity contribution in [3.8, 4) is 0 Å². The molecule has 0 spiro atoms. The summed E-state index contributed by atoms with van der Waals surface area (Å²) in [6.45, 7) is -0.249. The van der Waals surface area contributed by atoms with Crippen molar-refractivity contribution in [3.63, 3.8) is 0 Å². The van der Waals surface area contributed by atoms with Crippen molar-refractivity contribution >= 4 is 17.7 Å². The molecule has 3 N–H and O–H groups in total. The molecule has 0 atom stereocenters. The molecule has 112 valence electrons. The summed E-state index contributed by atoms with van der Waals surface area (Å²) in [4.78, 5) is 38.7. The van der Waals surface area contributed by atoms with E-state index in [-0.39, 0.29) is 12.5 Å². The average molecular weight is 298 g/mol. The predicted molar refractivity (Wildman–Crippen MR) is 78.6 cm³/mol. The third-order valence-corrected chi connectivity index (χ3v) is 2.68. The van der Waals surface area contributed by atoms with E-state index in [1.165, 1.54) is 12.4 Å². The maximum Gasteiger partial charge on any atom is 0.271 e. The lowest BCUT2D eigenvalue weighted by molar-refractivity contribution is -0.120. The maximum atomic E-state index is 11.7. The molecule has 0 fully saturated rings. The van der Waals surface area contributed by atoms with E-state index in [0.717, 1.165) is 0 Å². The Hall–Kier alpha value is -3.22. The molecule has 2 rings (SSSR count). The topological polar surface area (TPSA) is 100 Å². The Kier molecular flexibility index (Phi) is 5.20. The molecule has 1 aromatic heterocycles. The monoisotopic (exact) mass is 298 g/mol. The molecule has 2 aromatic rings.